The van der Waals surface area contributed by atoms with E-state index in [-0.39, 0.29) is 25.0 Å². The Hall–Kier alpha value is -1.88. The molecule has 0 bridgehead atoms. The zero-order valence-corrected chi connectivity index (χ0v) is 11.7. The molecule has 1 aliphatic rings. The first-order chi connectivity index (χ1) is 9.54. The van der Waals surface area contributed by atoms with E-state index in [1.165, 1.54) is 7.11 Å². The maximum absolute atomic E-state index is 11.9. The molecule has 1 aromatic carbocycles. The van der Waals surface area contributed by atoms with Gasteiger partial charge in [-0.3, -0.25) is 9.59 Å². The number of hydrogen-bond donors (Lipinski definition) is 1. The zero-order chi connectivity index (χ0) is 14.7. The minimum absolute atomic E-state index is 0.00711. The second-order valence-electron chi connectivity index (χ2n) is 5.14. The summed E-state index contributed by atoms with van der Waals surface area (Å²) < 4.78 is 4.84. The summed E-state index contributed by atoms with van der Waals surface area (Å²) in [6, 6.07) is 7.74. The van der Waals surface area contributed by atoms with Gasteiger partial charge in [0.05, 0.1) is 5.92 Å². The number of rotatable bonds is 4. The smallest absolute Gasteiger partial charge is 0.308 e. The second-order valence-corrected chi connectivity index (χ2v) is 5.14. The number of carbonyl (C=O) groups excluding carboxylic acids is 1. The molecule has 1 aliphatic heterocycles. The molecule has 20 heavy (non-hydrogen) atoms. The normalized spacial score (nSPS) is 22.0. The molecule has 0 spiro atoms. The van der Waals surface area contributed by atoms with E-state index in [0.717, 1.165) is 11.1 Å². The number of carbonyl (C=O) groups is 2. The van der Waals surface area contributed by atoms with Gasteiger partial charge in [0.1, 0.15) is 6.61 Å². The van der Waals surface area contributed by atoms with Gasteiger partial charge < -0.3 is 14.7 Å². The molecule has 5 nitrogen and oxygen atoms in total. The lowest BCUT2D eigenvalue weighted by Gasteiger charge is -2.17. The molecule has 2 rings (SSSR count). The number of hydrogen-bond acceptors (Lipinski definition) is 3. The highest BCUT2D eigenvalue weighted by molar-refractivity contribution is 5.80. The Balaban J connectivity index is 2.25. The highest BCUT2D eigenvalue weighted by Crippen LogP contribution is 2.34. The quantitative estimate of drug-likeness (QED) is 0.900. The van der Waals surface area contributed by atoms with E-state index in [4.69, 9.17) is 4.74 Å². The van der Waals surface area contributed by atoms with Crippen LogP contribution in [0.3, 0.4) is 0 Å². The van der Waals surface area contributed by atoms with Crippen LogP contribution in [0.15, 0.2) is 24.3 Å². The number of carboxylic acids is 1. The fourth-order valence-corrected chi connectivity index (χ4v) is 2.79. The topological polar surface area (TPSA) is 66.8 Å². The third-order valence-electron chi connectivity index (χ3n) is 3.85. The largest absolute Gasteiger partial charge is 0.481 e. The summed E-state index contributed by atoms with van der Waals surface area (Å²) in [6.07, 6.45) is 0. The molecule has 1 aromatic rings. The first kappa shape index (κ1) is 14.5. The highest BCUT2D eigenvalue weighted by atomic mass is 16.5. The molecule has 0 aromatic heterocycles. The van der Waals surface area contributed by atoms with Crippen LogP contribution in [-0.4, -0.2) is 48.7 Å². The monoisotopic (exact) mass is 277 g/mol. The van der Waals surface area contributed by atoms with E-state index >= 15 is 0 Å². The van der Waals surface area contributed by atoms with E-state index < -0.39 is 11.9 Å². The van der Waals surface area contributed by atoms with Crippen LogP contribution in [0.1, 0.15) is 17.0 Å². The Morgan fingerprint density at radius 1 is 1.35 bits per heavy atom. The van der Waals surface area contributed by atoms with Gasteiger partial charge in [-0.05, 0) is 18.1 Å². The average molecular weight is 277 g/mol. The summed E-state index contributed by atoms with van der Waals surface area (Å²) in [4.78, 5) is 24.9. The number of methoxy groups -OCH3 is 1. The SMILES string of the molecule is COCC(=O)N1C[C@@H](C(=O)O)[C@H](c2ccccc2C)C1. The van der Waals surface area contributed by atoms with Gasteiger partial charge in [-0.1, -0.05) is 24.3 Å². The van der Waals surface area contributed by atoms with Crippen molar-refractivity contribution in [2.24, 2.45) is 5.92 Å². The van der Waals surface area contributed by atoms with Crippen LogP contribution in [0.4, 0.5) is 0 Å². The third kappa shape index (κ3) is 2.82. The summed E-state index contributed by atoms with van der Waals surface area (Å²) in [5, 5.41) is 9.40. The molecule has 1 heterocycles. The number of aryl methyl sites for hydroxylation is 1. The minimum atomic E-state index is -0.856. The Labute approximate surface area is 118 Å². The van der Waals surface area contributed by atoms with Crippen LogP contribution < -0.4 is 0 Å². The molecular weight excluding hydrogens is 258 g/mol. The van der Waals surface area contributed by atoms with Crippen LogP contribution in [-0.2, 0) is 14.3 Å². The van der Waals surface area contributed by atoms with Crippen molar-refractivity contribution in [1.82, 2.24) is 4.90 Å². The van der Waals surface area contributed by atoms with Crippen molar-refractivity contribution in [1.29, 1.82) is 0 Å². The van der Waals surface area contributed by atoms with E-state index in [1.807, 2.05) is 31.2 Å². The summed E-state index contributed by atoms with van der Waals surface area (Å²) in [7, 11) is 1.46. The average Bonchev–Trinajstić information content (AvgIpc) is 2.84. The number of amides is 1. The summed E-state index contributed by atoms with van der Waals surface area (Å²) in [5.74, 6) is -1.73. The van der Waals surface area contributed by atoms with Crippen LogP contribution in [0.5, 0.6) is 0 Å². The molecule has 1 fully saturated rings. The van der Waals surface area contributed by atoms with Crippen LogP contribution >= 0.6 is 0 Å². The maximum Gasteiger partial charge on any atom is 0.308 e. The number of aliphatic carboxylic acids is 1. The first-order valence-corrected chi connectivity index (χ1v) is 6.59. The number of benzene rings is 1. The fraction of sp³-hybridized carbons (Fsp3) is 0.467. The lowest BCUT2D eigenvalue weighted by molar-refractivity contribution is -0.142. The molecule has 108 valence electrons. The molecule has 1 amide bonds. The lowest BCUT2D eigenvalue weighted by atomic mass is 9.86. The van der Waals surface area contributed by atoms with Crippen molar-refractivity contribution in [3.63, 3.8) is 0 Å². The Kier molecular flexibility index (Phi) is 4.39. The van der Waals surface area contributed by atoms with E-state index in [0.29, 0.717) is 6.54 Å². The van der Waals surface area contributed by atoms with E-state index in [1.54, 1.807) is 4.90 Å². The van der Waals surface area contributed by atoms with Gasteiger partial charge in [-0.15, -0.1) is 0 Å². The molecule has 1 N–H and O–H groups in total. The number of ether oxygens (including phenoxy) is 1. The van der Waals surface area contributed by atoms with Gasteiger partial charge in [-0.25, -0.2) is 0 Å². The fourth-order valence-electron chi connectivity index (χ4n) is 2.79. The van der Waals surface area contributed by atoms with Gasteiger partial charge in [0, 0.05) is 26.1 Å². The Bertz CT molecular complexity index is 514. The Morgan fingerprint density at radius 3 is 2.65 bits per heavy atom. The van der Waals surface area contributed by atoms with Gasteiger partial charge in [0.2, 0.25) is 5.91 Å². The van der Waals surface area contributed by atoms with Crippen molar-refractivity contribution < 1.29 is 19.4 Å². The molecule has 1 saturated heterocycles. The van der Waals surface area contributed by atoms with E-state index in [9.17, 15) is 14.7 Å². The molecule has 0 saturated carbocycles. The number of nitrogens with zero attached hydrogens (tertiary/aromatic N) is 1. The first-order valence-electron chi connectivity index (χ1n) is 6.59. The summed E-state index contributed by atoms with van der Waals surface area (Å²) >= 11 is 0. The zero-order valence-electron chi connectivity index (χ0n) is 11.7. The maximum atomic E-state index is 11.9. The summed E-state index contributed by atoms with van der Waals surface area (Å²) in [6.45, 7) is 2.64. The van der Waals surface area contributed by atoms with Gasteiger partial charge in [-0.2, -0.15) is 0 Å². The van der Waals surface area contributed by atoms with Crippen LogP contribution in [0.25, 0.3) is 0 Å². The van der Waals surface area contributed by atoms with Crippen molar-refractivity contribution in [3.05, 3.63) is 35.4 Å². The highest BCUT2D eigenvalue weighted by Gasteiger charge is 2.40. The van der Waals surface area contributed by atoms with Crippen molar-refractivity contribution >= 4 is 11.9 Å². The molecule has 0 aliphatic carbocycles. The molecule has 5 heteroatoms. The Morgan fingerprint density at radius 2 is 2.05 bits per heavy atom. The predicted molar refractivity (Wildman–Crippen MR) is 73.5 cm³/mol. The van der Waals surface area contributed by atoms with E-state index in [2.05, 4.69) is 0 Å². The predicted octanol–water partition coefficient (Wildman–Crippen LogP) is 1.27. The third-order valence-corrected chi connectivity index (χ3v) is 3.85. The second kappa shape index (κ2) is 6.05. The van der Waals surface area contributed by atoms with Crippen LogP contribution in [0, 0.1) is 12.8 Å². The van der Waals surface area contributed by atoms with Crippen molar-refractivity contribution in [3.8, 4) is 0 Å². The van der Waals surface area contributed by atoms with Crippen LogP contribution in [0.2, 0.25) is 0 Å². The minimum Gasteiger partial charge on any atom is -0.481 e. The standard InChI is InChI=1S/C15H19NO4/c1-10-5-3-4-6-11(10)12-7-16(14(17)9-20-2)8-13(12)15(18)19/h3-6,12-13H,7-9H2,1-2H3,(H,18,19)/t12-,13+/m0/s1. The molecule has 0 unspecified atom stereocenters. The van der Waals surface area contributed by atoms with Crippen molar-refractivity contribution in [2.75, 3.05) is 26.8 Å². The molecular formula is C15H19NO4. The van der Waals surface area contributed by atoms with Gasteiger partial charge in [0.25, 0.3) is 0 Å². The lowest BCUT2D eigenvalue weighted by Crippen LogP contribution is -2.32. The molecule has 0 radical (unpaired) electrons. The summed E-state index contributed by atoms with van der Waals surface area (Å²) in [5.41, 5.74) is 2.07. The van der Waals surface area contributed by atoms with Gasteiger partial charge >= 0.3 is 5.97 Å². The number of carboxylic acid groups (broad SMARTS) is 1. The van der Waals surface area contributed by atoms with Crippen molar-refractivity contribution in [2.45, 2.75) is 12.8 Å². The number of likely N-dealkylation sites (tertiary alicyclic amines) is 1. The van der Waals surface area contributed by atoms with Gasteiger partial charge in [0.15, 0.2) is 0 Å². The molecule has 2 atom stereocenters.